The molecule has 2 rings (SSSR count). The molecular formula is C51H82O15. The third-order valence-corrected chi connectivity index (χ3v) is 10.9. The number of aliphatic hydroxyl groups is 7. The predicted octanol–water partition coefficient (Wildman–Crippen LogP) is 6.04. The van der Waals surface area contributed by atoms with Gasteiger partial charge in [-0.05, 0) is 70.6 Å². The number of unbranched alkanes of at least 4 members (excludes halogenated alkanes) is 7. The van der Waals surface area contributed by atoms with Crippen molar-refractivity contribution in [1.82, 2.24) is 0 Å². The molecule has 7 N–H and O–H groups in total. The van der Waals surface area contributed by atoms with Crippen LogP contribution in [0.2, 0.25) is 0 Å². The lowest BCUT2D eigenvalue weighted by atomic mass is 9.98. The van der Waals surface area contributed by atoms with Gasteiger partial charge in [0, 0.05) is 12.8 Å². The zero-order chi connectivity index (χ0) is 48.2. The van der Waals surface area contributed by atoms with Crippen molar-refractivity contribution in [2.24, 2.45) is 0 Å². The van der Waals surface area contributed by atoms with Gasteiger partial charge in [-0.1, -0.05) is 131 Å². The third kappa shape index (κ3) is 25.7. The maximum absolute atomic E-state index is 12.9. The van der Waals surface area contributed by atoms with Crippen molar-refractivity contribution in [2.45, 2.75) is 197 Å². The molecule has 2 aliphatic rings. The molecule has 0 amide bonds. The van der Waals surface area contributed by atoms with Crippen molar-refractivity contribution in [1.29, 1.82) is 0 Å². The van der Waals surface area contributed by atoms with E-state index in [1.165, 1.54) is 12.8 Å². The summed E-state index contributed by atoms with van der Waals surface area (Å²) in [5.41, 5.74) is 0. The normalized spacial score (nSPS) is 26.9. The van der Waals surface area contributed by atoms with Gasteiger partial charge in [0.05, 0.1) is 19.8 Å². The van der Waals surface area contributed by atoms with Crippen molar-refractivity contribution >= 4 is 11.9 Å². The molecule has 376 valence electrons. The van der Waals surface area contributed by atoms with Crippen LogP contribution in [-0.2, 0) is 38.0 Å². The first-order valence-corrected chi connectivity index (χ1v) is 24.2. The van der Waals surface area contributed by atoms with Gasteiger partial charge in [0.1, 0.15) is 55.4 Å². The SMILES string of the molecule is CC/C=C\C/C=C\C/C=C\C/C=C\C/C=C\C/C=C\CCC(=O)OC(COC(=O)CCCCCCC/C=C\CCCC)COC1OC(COC2OC(CO)C(O)C(O)C2O)C(O)C(O)C1O. The van der Waals surface area contributed by atoms with Gasteiger partial charge < -0.3 is 64.2 Å². The average molecular weight is 935 g/mol. The molecule has 0 bridgehead atoms. The molecule has 0 saturated carbocycles. The molecule has 0 spiro atoms. The van der Waals surface area contributed by atoms with E-state index in [2.05, 4.69) is 80.7 Å². The van der Waals surface area contributed by atoms with E-state index in [1.807, 2.05) is 18.2 Å². The fourth-order valence-corrected chi connectivity index (χ4v) is 6.87. The summed E-state index contributed by atoms with van der Waals surface area (Å²) in [4.78, 5) is 25.6. The highest BCUT2D eigenvalue weighted by Crippen LogP contribution is 2.26. The van der Waals surface area contributed by atoms with Crippen LogP contribution in [0.15, 0.2) is 85.1 Å². The molecule has 15 nitrogen and oxygen atoms in total. The van der Waals surface area contributed by atoms with Gasteiger partial charge in [0.15, 0.2) is 18.7 Å². The molecule has 2 heterocycles. The summed E-state index contributed by atoms with van der Waals surface area (Å²) < 4.78 is 33.4. The Morgan fingerprint density at radius 1 is 0.500 bits per heavy atom. The van der Waals surface area contributed by atoms with Gasteiger partial charge in [-0.3, -0.25) is 9.59 Å². The van der Waals surface area contributed by atoms with Crippen molar-refractivity contribution in [3.8, 4) is 0 Å². The van der Waals surface area contributed by atoms with E-state index in [4.69, 9.17) is 28.4 Å². The molecule has 15 heteroatoms. The molecule has 2 aliphatic heterocycles. The number of esters is 2. The van der Waals surface area contributed by atoms with Crippen LogP contribution in [0, 0.1) is 0 Å². The lowest BCUT2D eigenvalue weighted by Gasteiger charge is -2.42. The zero-order valence-electron chi connectivity index (χ0n) is 39.4. The van der Waals surface area contributed by atoms with E-state index >= 15 is 0 Å². The second-order valence-electron chi connectivity index (χ2n) is 16.5. The van der Waals surface area contributed by atoms with Crippen LogP contribution in [0.1, 0.15) is 129 Å². The first-order chi connectivity index (χ1) is 32.0. The Labute approximate surface area is 393 Å². The minimum absolute atomic E-state index is 0.0337. The van der Waals surface area contributed by atoms with E-state index in [0.29, 0.717) is 19.3 Å². The summed E-state index contributed by atoms with van der Waals surface area (Å²) in [7, 11) is 0. The van der Waals surface area contributed by atoms with Crippen molar-refractivity contribution in [3.05, 3.63) is 85.1 Å². The average Bonchev–Trinajstić information content (AvgIpc) is 3.31. The maximum atomic E-state index is 12.9. The lowest BCUT2D eigenvalue weighted by molar-refractivity contribution is -0.332. The molecule has 0 aromatic heterocycles. The van der Waals surface area contributed by atoms with E-state index < -0.39 is 99.3 Å². The fourth-order valence-electron chi connectivity index (χ4n) is 6.87. The minimum atomic E-state index is -1.78. The second-order valence-corrected chi connectivity index (χ2v) is 16.5. The standard InChI is InChI=1S/C51H82O15/c1-3-5-7-9-11-13-15-16-17-18-19-20-21-22-24-26-28-30-32-34-43(54)64-39(36-61-42(53)33-31-29-27-25-23-14-12-10-8-6-4-2)37-62-50-49(60)47(58)45(56)41(66-50)38-63-51-48(59)46(57)44(55)40(35-52)65-51/h5,7,10-13,16-17,19-20,22,24,28,30,39-41,44-52,55-60H,3-4,6,8-9,14-15,18,21,23,25-27,29,31-38H2,1-2H3/b7-5-,12-10-,13-11-,17-16-,20-19-,24-22-,30-28-. The highest BCUT2D eigenvalue weighted by Gasteiger charge is 2.47. The number of ether oxygens (including phenoxy) is 6. The topological polar surface area (TPSA) is 231 Å². The Bertz CT molecular complexity index is 1470. The lowest BCUT2D eigenvalue weighted by Crippen LogP contribution is -2.61. The number of hydrogen-bond acceptors (Lipinski definition) is 15. The summed E-state index contributed by atoms with van der Waals surface area (Å²) in [6, 6.07) is 0. The Morgan fingerprint density at radius 2 is 0.985 bits per heavy atom. The Morgan fingerprint density at radius 3 is 1.56 bits per heavy atom. The number of carbonyl (C=O) groups excluding carboxylic acids is 2. The molecule has 0 aliphatic carbocycles. The summed E-state index contributed by atoms with van der Waals surface area (Å²) in [5, 5.41) is 71.9. The summed E-state index contributed by atoms with van der Waals surface area (Å²) >= 11 is 0. The number of hydrogen-bond donors (Lipinski definition) is 7. The molecule has 0 radical (unpaired) electrons. The Balaban J connectivity index is 1.87. The number of carbonyl (C=O) groups is 2. The summed E-state index contributed by atoms with van der Waals surface area (Å²) in [5.74, 6) is -1.04. The molecule has 0 aromatic carbocycles. The Hall–Kier alpha value is -3.32. The van der Waals surface area contributed by atoms with Crippen LogP contribution < -0.4 is 0 Å². The predicted molar refractivity (Wildman–Crippen MR) is 252 cm³/mol. The van der Waals surface area contributed by atoms with E-state index in [1.54, 1.807) is 0 Å². The van der Waals surface area contributed by atoms with Crippen molar-refractivity contribution in [3.63, 3.8) is 0 Å². The van der Waals surface area contributed by atoms with Gasteiger partial charge in [-0.15, -0.1) is 0 Å². The van der Waals surface area contributed by atoms with Crippen LogP contribution in [0.3, 0.4) is 0 Å². The molecule has 2 saturated heterocycles. The molecule has 66 heavy (non-hydrogen) atoms. The minimum Gasteiger partial charge on any atom is -0.462 e. The van der Waals surface area contributed by atoms with Gasteiger partial charge in [-0.2, -0.15) is 0 Å². The largest absolute Gasteiger partial charge is 0.462 e. The highest BCUT2D eigenvalue weighted by molar-refractivity contribution is 5.70. The van der Waals surface area contributed by atoms with Gasteiger partial charge in [0.25, 0.3) is 0 Å². The third-order valence-electron chi connectivity index (χ3n) is 10.9. The van der Waals surface area contributed by atoms with Crippen LogP contribution in [0.4, 0.5) is 0 Å². The number of rotatable bonds is 35. The number of aliphatic hydroxyl groups excluding tert-OH is 7. The molecular weight excluding hydrogens is 853 g/mol. The van der Waals surface area contributed by atoms with Gasteiger partial charge >= 0.3 is 11.9 Å². The molecule has 0 aromatic rings. The van der Waals surface area contributed by atoms with Crippen LogP contribution in [0.25, 0.3) is 0 Å². The summed E-state index contributed by atoms with van der Waals surface area (Å²) in [6.07, 6.45) is 27.8. The second kappa shape index (κ2) is 37.6. The fraction of sp³-hybridized carbons (Fsp3) is 0.686. The van der Waals surface area contributed by atoms with E-state index in [-0.39, 0.29) is 19.4 Å². The molecule has 11 atom stereocenters. The van der Waals surface area contributed by atoms with Crippen molar-refractivity contribution in [2.75, 3.05) is 26.4 Å². The zero-order valence-corrected chi connectivity index (χ0v) is 39.4. The van der Waals surface area contributed by atoms with Crippen LogP contribution >= 0.6 is 0 Å². The summed E-state index contributed by atoms with van der Waals surface area (Å²) in [6.45, 7) is 2.31. The molecule has 11 unspecified atom stereocenters. The van der Waals surface area contributed by atoms with Crippen LogP contribution in [0.5, 0.6) is 0 Å². The van der Waals surface area contributed by atoms with Crippen LogP contribution in [-0.4, -0.2) is 142 Å². The number of allylic oxidation sites excluding steroid dienone is 14. The highest BCUT2D eigenvalue weighted by atomic mass is 16.7. The van der Waals surface area contributed by atoms with E-state index in [0.717, 1.165) is 70.6 Å². The Kier molecular flexibility index (Phi) is 33.5. The van der Waals surface area contributed by atoms with Gasteiger partial charge in [0.2, 0.25) is 0 Å². The van der Waals surface area contributed by atoms with Gasteiger partial charge in [-0.25, -0.2) is 0 Å². The first kappa shape index (κ1) is 58.8. The molecule has 2 fully saturated rings. The first-order valence-electron chi connectivity index (χ1n) is 24.2. The monoisotopic (exact) mass is 935 g/mol. The quantitative estimate of drug-likeness (QED) is 0.0218. The maximum Gasteiger partial charge on any atom is 0.306 e. The van der Waals surface area contributed by atoms with Crippen molar-refractivity contribution < 1.29 is 73.8 Å². The smallest absolute Gasteiger partial charge is 0.306 e. The van der Waals surface area contributed by atoms with E-state index in [9.17, 15) is 45.3 Å².